The fourth-order valence-corrected chi connectivity index (χ4v) is 2.89. The van der Waals surface area contributed by atoms with E-state index in [1.807, 2.05) is 27.7 Å². The van der Waals surface area contributed by atoms with Gasteiger partial charge < -0.3 is 32.5 Å². The molecule has 8 N–H and O–H groups in total. The van der Waals surface area contributed by atoms with Crippen molar-refractivity contribution in [2.24, 2.45) is 23.3 Å². The van der Waals surface area contributed by atoms with E-state index in [2.05, 4.69) is 16.0 Å². The Morgan fingerprint density at radius 3 is 1.97 bits per heavy atom. The van der Waals surface area contributed by atoms with Crippen molar-refractivity contribution in [1.29, 1.82) is 0 Å². The average Bonchev–Trinajstić information content (AvgIpc) is 2.63. The summed E-state index contributed by atoms with van der Waals surface area (Å²) in [6, 6.07) is -2.67. The molecule has 10 nitrogen and oxygen atoms in total. The summed E-state index contributed by atoms with van der Waals surface area (Å²) in [5, 5.41) is 16.9. The van der Waals surface area contributed by atoms with E-state index in [0.29, 0.717) is 32.2 Å². The van der Waals surface area contributed by atoms with Crippen molar-refractivity contribution in [3.05, 3.63) is 0 Å². The molecule has 10 heteroatoms. The van der Waals surface area contributed by atoms with Gasteiger partial charge in [0.25, 0.3) is 0 Å². The molecule has 0 fully saturated rings. The molecular weight excluding hydrogens is 390 g/mol. The molecule has 3 atom stereocenters. The summed E-state index contributed by atoms with van der Waals surface area (Å²) in [5.41, 5.74) is 11.3. The van der Waals surface area contributed by atoms with Crippen LogP contribution in [0.4, 0.5) is 0 Å². The Hall–Kier alpha value is -2.20. The highest BCUT2D eigenvalue weighted by Gasteiger charge is 2.27. The summed E-state index contributed by atoms with van der Waals surface area (Å²) in [6.07, 6.45) is 2.32. The van der Waals surface area contributed by atoms with Gasteiger partial charge in [-0.05, 0) is 50.5 Å². The van der Waals surface area contributed by atoms with Crippen molar-refractivity contribution in [2.75, 3.05) is 13.1 Å². The number of nitrogens with two attached hydrogens (primary N) is 2. The Balaban J connectivity index is 4.90. The summed E-state index contributed by atoms with van der Waals surface area (Å²) in [6.45, 7) is 7.71. The molecule has 0 aliphatic carbocycles. The van der Waals surface area contributed by atoms with E-state index >= 15 is 0 Å². The van der Waals surface area contributed by atoms with Gasteiger partial charge in [0.2, 0.25) is 17.7 Å². The van der Waals surface area contributed by atoms with Crippen LogP contribution < -0.4 is 27.4 Å². The first kappa shape index (κ1) is 27.8. The van der Waals surface area contributed by atoms with E-state index in [1.54, 1.807) is 0 Å². The largest absolute Gasteiger partial charge is 0.480 e. The normalized spacial score (nSPS) is 14.1. The number of carboxylic acids is 1. The molecule has 0 saturated heterocycles. The van der Waals surface area contributed by atoms with Crippen molar-refractivity contribution >= 4 is 23.7 Å². The number of nitrogens with one attached hydrogen (secondary N) is 3. The number of hydrogen-bond acceptors (Lipinski definition) is 6. The van der Waals surface area contributed by atoms with Crippen LogP contribution in [0.1, 0.15) is 59.8 Å². The SMILES string of the molecule is CC(C)CC(N)C(=O)NCC(=O)NC(CCCCN)C(=O)NC(CC(C)C)C(=O)O. The number of carboxylic acid groups (broad SMARTS) is 1. The first-order chi connectivity index (χ1) is 14.0. The second-order valence-electron chi connectivity index (χ2n) is 8.39. The molecular formula is C20H39N5O5. The van der Waals surface area contributed by atoms with Gasteiger partial charge >= 0.3 is 5.97 Å². The van der Waals surface area contributed by atoms with Gasteiger partial charge in [-0.3, -0.25) is 14.4 Å². The summed E-state index contributed by atoms with van der Waals surface area (Å²) in [7, 11) is 0. The van der Waals surface area contributed by atoms with Gasteiger partial charge in [-0.2, -0.15) is 0 Å². The van der Waals surface area contributed by atoms with Gasteiger partial charge in [-0.15, -0.1) is 0 Å². The van der Waals surface area contributed by atoms with Crippen molar-refractivity contribution in [3.8, 4) is 0 Å². The van der Waals surface area contributed by atoms with Crippen LogP contribution in [0.2, 0.25) is 0 Å². The van der Waals surface area contributed by atoms with E-state index in [1.165, 1.54) is 0 Å². The smallest absolute Gasteiger partial charge is 0.326 e. The molecule has 0 heterocycles. The highest BCUT2D eigenvalue weighted by atomic mass is 16.4. The second-order valence-corrected chi connectivity index (χ2v) is 8.39. The Labute approximate surface area is 178 Å². The summed E-state index contributed by atoms with van der Waals surface area (Å²) in [5.74, 6) is -2.38. The molecule has 0 aromatic heterocycles. The van der Waals surface area contributed by atoms with Crippen molar-refractivity contribution in [1.82, 2.24) is 16.0 Å². The number of aliphatic carboxylic acids is 1. The molecule has 3 amide bonds. The third-order valence-electron chi connectivity index (χ3n) is 4.41. The van der Waals surface area contributed by atoms with Gasteiger partial charge in [-0.1, -0.05) is 27.7 Å². The van der Waals surface area contributed by atoms with Gasteiger partial charge in [0.15, 0.2) is 0 Å². The van der Waals surface area contributed by atoms with Gasteiger partial charge in [0, 0.05) is 0 Å². The highest BCUT2D eigenvalue weighted by molar-refractivity contribution is 5.92. The van der Waals surface area contributed by atoms with E-state index < -0.39 is 41.8 Å². The minimum Gasteiger partial charge on any atom is -0.480 e. The number of rotatable bonds is 15. The second kappa shape index (κ2) is 14.7. The van der Waals surface area contributed by atoms with Crippen LogP contribution >= 0.6 is 0 Å². The molecule has 30 heavy (non-hydrogen) atoms. The van der Waals surface area contributed by atoms with Crippen LogP contribution in [0.15, 0.2) is 0 Å². The first-order valence-corrected chi connectivity index (χ1v) is 10.5. The van der Waals surface area contributed by atoms with Crippen LogP contribution in [0.25, 0.3) is 0 Å². The van der Waals surface area contributed by atoms with E-state index in [0.717, 1.165) is 0 Å². The lowest BCUT2D eigenvalue weighted by molar-refractivity contribution is -0.142. The summed E-state index contributed by atoms with van der Waals surface area (Å²) < 4.78 is 0. The lowest BCUT2D eigenvalue weighted by Gasteiger charge is -2.22. The van der Waals surface area contributed by atoms with Crippen molar-refractivity contribution < 1.29 is 24.3 Å². The number of carbonyl (C=O) groups is 4. The Morgan fingerprint density at radius 2 is 1.47 bits per heavy atom. The van der Waals surface area contributed by atoms with E-state index in [4.69, 9.17) is 11.5 Å². The minimum absolute atomic E-state index is 0.0712. The molecule has 0 spiro atoms. The fraction of sp³-hybridized carbons (Fsp3) is 0.800. The minimum atomic E-state index is -1.13. The lowest BCUT2D eigenvalue weighted by Crippen LogP contribution is -2.54. The molecule has 174 valence electrons. The molecule has 0 rings (SSSR count). The zero-order valence-electron chi connectivity index (χ0n) is 18.6. The highest BCUT2D eigenvalue weighted by Crippen LogP contribution is 2.07. The zero-order valence-corrected chi connectivity index (χ0v) is 18.6. The summed E-state index contributed by atoms with van der Waals surface area (Å²) in [4.78, 5) is 48.2. The Bertz CT molecular complexity index is 568. The monoisotopic (exact) mass is 429 g/mol. The predicted molar refractivity (Wildman–Crippen MR) is 114 cm³/mol. The first-order valence-electron chi connectivity index (χ1n) is 10.5. The summed E-state index contributed by atoms with van der Waals surface area (Å²) >= 11 is 0. The molecule has 0 saturated carbocycles. The lowest BCUT2D eigenvalue weighted by atomic mass is 10.0. The maximum Gasteiger partial charge on any atom is 0.326 e. The molecule has 0 aromatic rings. The standard InChI is InChI=1S/C20H39N5O5/c1-12(2)9-14(22)18(27)23-11-17(26)24-15(7-5-6-8-21)19(28)25-16(20(29)30)10-13(3)4/h12-16H,5-11,21-22H2,1-4H3,(H,23,27)(H,24,26)(H,25,28)(H,29,30). The van der Waals surface area contributed by atoms with Crippen molar-refractivity contribution in [2.45, 2.75) is 77.9 Å². The maximum atomic E-state index is 12.6. The van der Waals surface area contributed by atoms with Crippen molar-refractivity contribution in [3.63, 3.8) is 0 Å². The average molecular weight is 430 g/mol. The molecule has 0 bridgehead atoms. The van der Waals surface area contributed by atoms with Gasteiger partial charge in [0.05, 0.1) is 12.6 Å². The van der Waals surface area contributed by atoms with Crippen LogP contribution in [0.3, 0.4) is 0 Å². The fourth-order valence-electron chi connectivity index (χ4n) is 2.89. The van der Waals surface area contributed by atoms with E-state index in [-0.39, 0.29) is 24.8 Å². The number of unbranched alkanes of at least 4 members (excludes halogenated alkanes) is 1. The molecule has 0 aliphatic heterocycles. The third-order valence-corrected chi connectivity index (χ3v) is 4.41. The van der Waals surface area contributed by atoms with Crippen LogP contribution in [-0.2, 0) is 19.2 Å². The zero-order chi connectivity index (χ0) is 23.3. The number of hydrogen-bond donors (Lipinski definition) is 6. The predicted octanol–water partition coefficient (Wildman–Crippen LogP) is -0.295. The third kappa shape index (κ3) is 12.4. The number of carbonyl (C=O) groups excluding carboxylic acids is 3. The number of amides is 3. The Kier molecular flexibility index (Phi) is 13.7. The molecule has 0 radical (unpaired) electrons. The molecule has 0 aromatic carbocycles. The van der Waals surface area contributed by atoms with Crippen LogP contribution in [0, 0.1) is 11.8 Å². The topological polar surface area (TPSA) is 177 Å². The van der Waals surface area contributed by atoms with Crippen LogP contribution in [0.5, 0.6) is 0 Å². The van der Waals surface area contributed by atoms with Gasteiger partial charge in [-0.25, -0.2) is 4.79 Å². The maximum absolute atomic E-state index is 12.6. The molecule has 0 aliphatic rings. The van der Waals surface area contributed by atoms with Gasteiger partial charge in [0.1, 0.15) is 12.1 Å². The van der Waals surface area contributed by atoms with Crippen LogP contribution in [-0.4, -0.2) is 60.0 Å². The molecule has 3 unspecified atom stereocenters. The van der Waals surface area contributed by atoms with E-state index in [9.17, 15) is 24.3 Å². The Morgan fingerprint density at radius 1 is 0.867 bits per heavy atom. The quantitative estimate of drug-likeness (QED) is 0.194.